The lowest BCUT2D eigenvalue weighted by Crippen LogP contribution is -2.58. The Morgan fingerprint density at radius 1 is 1.26 bits per heavy atom. The number of hydrogen-bond donors (Lipinski definition) is 5. The summed E-state index contributed by atoms with van der Waals surface area (Å²) in [5, 5.41) is 37.8. The third kappa shape index (κ3) is 5.16. The van der Waals surface area contributed by atoms with Gasteiger partial charge in [-0.05, 0) is 36.9 Å². The molecule has 0 saturated carbocycles. The van der Waals surface area contributed by atoms with Gasteiger partial charge in [0.2, 0.25) is 5.91 Å². The van der Waals surface area contributed by atoms with Crippen molar-refractivity contribution in [3.63, 3.8) is 0 Å². The highest BCUT2D eigenvalue weighted by molar-refractivity contribution is 6.41. The lowest BCUT2D eigenvalue weighted by atomic mass is 9.82. The molecule has 2 aromatic rings. The quantitative estimate of drug-likeness (QED) is 0.385. The van der Waals surface area contributed by atoms with Gasteiger partial charge in [0.25, 0.3) is 0 Å². The lowest BCUT2D eigenvalue weighted by molar-refractivity contribution is -0.141. The maximum Gasteiger partial charge on any atom is 0.451 e. The van der Waals surface area contributed by atoms with E-state index in [1.54, 1.807) is 6.07 Å². The Kier molecular flexibility index (Phi) is 6.84. The van der Waals surface area contributed by atoms with Gasteiger partial charge in [0, 0.05) is 0 Å². The number of nitrogens with zero attached hydrogens (tertiary/aromatic N) is 1. The van der Waals surface area contributed by atoms with Crippen LogP contribution in [0.5, 0.6) is 11.5 Å². The summed E-state index contributed by atoms with van der Waals surface area (Å²) in [5.74, 6) is -2.10. The molecule has 1 saturated heterocycles. The van der Waals surface area contributed by atoms with Crippen molar-refractivity contribution >= 4 is 19.0 Å². The van der Waals surface area contributed by atoms with E-state index in [0.29, 0.717) is 0 Å². The second-order valence-corrected chi connectivity index (χ2v) is 7.65. The van der Waals surface area contributed by atoms with Crippen LogP contribution in [0, 0.1) is 6.92 Å². The van der Waals surface area contributed by atoms with Crippen LogP contribution in [-0.4, -0.2) is 63.3 Å². The highest BCUT2D eigenvalue weighted by atomic mass is 16.5. The van der Waals surface area contributed by atoms with Crippen molar-refractivity contribution in [2.75, 3.05) is 13.1 Å². The zero-order valence-corrected chi connectivity index (χ0v) is 17.1. The van der Waals surface area contributed by atoms with Crippen LogP contribution in [0.15, 0.2) is 36.4 Å². The lowest BCUT2D eigenvalue weighted by Gasteiger charge is -2.40. The summed E-state index contributed by atoms with van der Waals surface area (Å²) in [6, 6.07) is 9.52. The number of hydrogen-bond acceptors (Lipinski definition) is 7. The smallest absolute Gasteiger partial charge is 0.451 e. The standard InChI is InChI=1S/C21H25BN2O7/c1-12-3-2-4-14(9-12)18(23)20(26)24-10-15(11-24)31-16-6-5-13(7-8-22(29)30)19(25)17(16)21(27)28/h2-6,9,15,18,25,29-30H,7-8,10-11,23H2,1H3,(H,27,28)/t18-/m0/s1. The number of rotatable bonds is 8. The van der Waals surface area contributed by atoms with Gasteiger partial charge < -0.3 is 35.6 Å². The molecule has 9 nitrogen and oxygen atoms in total. The van der Waals surface area contributed by atoms with E-state index in [9.17, 15) is 19.8 Å². The number of aromatic carboxylic acids is 1. The van der Waals surface area contributed by atoms with Crippen LogP contribution in [0.3, 0.4) is 0 Å². The molecule has 1 atom stereocenters. The molecule has 2 aromatic carbocycles. The number of carbonyl (C=O) groups excluding carboxylic acids is 1. The Morgan fingerprint density at radius 3 is 2.58 bits per heavy atom. The molecular weight excluding hydrogens is 403 g/mol. The number of carboxylic acids is 1. The molecule has 0 bridgehead atoms. The third-order valence-corrected chi connectivity index (χ3v) is 5.23. The number of aryl methyl sites for hydroxylation is 2. The first-order valence-electron chi connectivity index (χ1n) is 9.89. The summed E-state index contributed by atoms with van der Waals surface area (Å²) < 4.78 is 5.71. The Labute approximate surface area is 179 Å². The van der Waals surface area contributed by atoms with Gasteiger partial charge in [-0.15, -0.1) is 0 Å². The summed E-state index contributed by atoms with van der Waals surface area (Å²) >= 11 is 0. The maximum atomic E-state index is 12.6. The predicted octanol–water partition coefficient (Wildman–Crippen LogP) is 0.704. The van der Waals surface area contributed by atoms with Crippen molar-refractivity contribution in [3.05, 3.63) is 58.7 Å². The van der Waals surface area contributed by atoms with E-state index in [4.69, 9.17) is 20.5 Å². The second kappa shape index (κ2) is 9.38. The summed E-state index contributed by atoms with van der Waals surface area (Å²) in [5.41, 5.74) is 7.68. The van der Waals surface area contributed by atoms with Crippen molar-refractivity contribution in [1.29, 1.82) is 0 Å². The number of phenols is 1. The van der Waals surface area contributed by atoms with Gasteiger partial charge >= 0.3 is 13.1 Å². The molecule has 1 aliphatic heterocycles. The molecule has 0 spiro atoms. The molecule has 0 aromatic heterocycles. The maximum absolute atomic E-state index is 12.6. The molecule has 1 amide bonds. The van der Waals surface area contributed by atoms with Crippen molar-refractivity contribution in [3.8, 4) is 11.5 Å². The first-order chi connectivity index (χ1) is 14.7. The SMILES string of the molecule is Cc1cccc([C@H](N)C(=O)N2CC(Oc3ccc(CCB(O)O)c(O)c3C(=O)O)C2)c1. The van der Waals surface area contributed by atoms with Gasteiger partial charge in [0.05, 0.1) is 13.1 Å². The predicted molar refractivity (Wildman–Crippen MR) is 113 cm³/mol. The van der Waals surface area contributed by atoms with Gasteiger partial charge in [-0.25, -0.2) is 4.79 Å². The molecule has 1 heterocycles. The number of likely N-dealkylation sites (tertiary alicyclic amines) is 1. The van der Waals surface area contributed by atoms with E-state index in [2.05, 4.69) is 0 Å². The van der Waals surface area contributed by atoms with Gasteiger partial charge in [-0.1, -0.05) is 35.9 Å². The molecule has 0 radical (unpaired) electrons. The van der Waals surface area contributed by atoms with Crippen LogP contribution >= 0.6 is 0 Å². The van der Waals surface area contributed by atoms with Gasteiger partial charge in [-0.2, -0.15) is 0 Å². The van der Waals surface area contributed by atoms with E-state index in [1.165, 1.54) is 17.0 Å². The number of nitrogens with two attached hydrogens (primary N) is 1. The minimum atomic E-state index is -1.56. The molecule has 0 unspecified atom stereocenters. The molecule has 31 heavy (non-hydrogen) atoms. The average molecular weight is 428 g/mol. The molecule has 3 rings (SSSR count). The van der Waals surface area contributed by atoms with Crippen molar-refractivity contribution < 1.29 is 34.6 Å². The molecule has 1 fully saturated rings. The highest BCUT2D eigenvalue weighted by Crippen LogP contribution is 2.34. The normalized spacial score (nSPS) is 14.6. The Balaban J connectivity index is 1.65. The first kappa shape index (κ1) is 22.6. The number of carboxylic acid groups (broad SMARTS) is 1. The van der Waals surface area contributed by atoms with E-state index >= 15 is 0 Å². The summed E-state index contributed by atoms with van der Waals surface area (Å²) in [6.07, 6.45) is -0.392. The highest BCUT2D eigenvalue weighted by Gasteiger charge is 2.36. The number of carbonyl (C=O) groups is 2. The fraction of sp³-hybridized carbons (Fsp3) is 0.333. The van der Waals surface area contributed by atoms with Gasteiger partial charge in [0.15, 0.2) is 0 Å². The summed E-state index contributed by atoms with van der Waals surface area (Å²) in [4.78, 5) is 25.8. The first-order valence-corrected chi connectivity index (χ1v) is 9.89. The Hall–Kier alpha value is -3.08. The van der Waals surface area contributed by atoms with Crippen LogP contribution in [0.4, 0.5) is 0 Å². The molecule has 0 aliphatic carbocycles. The molecule has 10 heteroatoms. The largest absolute Gasteiger partial charge is 0.507 e. The van der Waals surface area contributed by atoms with Crippen LogP contribution in [0.1, 0.15) is 33.1 Å². The summed E-state index contributed by atoms with van der Waals surface area (Å²) in [6.45, 7) is 2.41. The van der Waals surface area contributed by atoms with Gasteiger partial charge in [0.1, 0.15) is 29.2 Å². The molecule has 164 valence electrons. The third-order valence-electron chi connectivity index (χ3n) is 5.23. The Morgan fingerprint density at radius 2 is 1.97 bits per heavy atom. The Bertz CT molecular complexity index is 976. The summed E-state index contributed by atoms with van der Waals surface area (Å²) in [7, 11) is -1.56. The number of amides is 1. The van der Waals surface area contributed by atoms with Crippen LogP contribution in [0.25, 0.3) is 0 Å². The van der Waals surface area contributed by atoms with Crippen molar-refractivity contribution in [1.82, 2.24) is 4.90 Å². The molecule has 6 N–H and O–H groups in total. The zero-order chi connectivity index (χ0) is 22.7. The van der Waals surface area contributed by atoms with Gasteiger partial charge in [-0.3, -0.25) is 4.79 Å². The van der Waals surface area contributed by atoms with Crippen LogP contribution in [-0.2, 0) is 11.2 Å². The average Bonchev–Trinajstić information content (AvgIpc) is 2.68. The van der Waals surface area contributed by atoms with Crippen LogP contribution in [0.2, 0.25) is 6.32 Å². The topological polar surface area (TPSA) is 154 Å². The molecule has 1 aliphatic rings. The monoisotopic (exact) mass is 428 g/mol. The van der Waals surface area contributed by atoms with E-state index in [0.717, 1.165) is 11.1 Å². The minimum absolute atomic E-state index is 0.0154. The van der Waals surface area contributed by atoms with Crippen molar-refractivity contribution in [2.45, 2.75) is 31.8 Å². The van der Waals surface area contributed by atoms with E-state index in [-0.39, 0.29) is 43.1 Å². The number of ether oxygens (including phenoxy) is 1. The van der Waals surface area contributed by atoms with Crippen molar-refractivity contribution in [2.24, 2.45) is 5.73 Å². The number of aromatic hydroxyl groups is 1. The van der Waals surface area contributed by atoms with E-state index in [1.807, 2.05) is 25.1 Å². The fourth-order valence-electron chi connectivity index (χ4n) is 3.48. The van der Waals surface area contributed by atoms with E-state index < -0.39 is 36.5 Å². The van der Waals surface area contributed by atoms with Crippen LogP contribution < -0.4 is 10.5 Å². The zero-order valence-electron chi connectivity index (χ0n) is 17.1. The molecular formula is C21H25BN2O7. The fourth-order valence-corrected chi connectivity index (χ4v) is 3.48. The second-order valence-electron chi connectivity index (χ2n) is 7.65. The number of benzene rings is 2. The minimum Gasteiger partial charge on any atom is -0.507 e.